The van der Waals surface area contributed by atoms with Crippen molar-refractivity contribution in [2.75, 3.05) is 18.0 Å². The van der Waals surface area contributed by atoms with Gasteiger partial charge in [-0.1, -0.05) is 30.3 Å². The van der Waals surface area contributed by atoms with Crippen molar-refractivity contribution in [1.82, 2.24) is 5.32 Å². The third-order valence-electron chi connectivity index (χ3n) is 3.79. The van der Waals surface area contributed by atoms with E-state index in [-0.39, 0.29) is 0 Å². The molecule has 1 heterocycles. The van der Waals surface area contributed by atoms with E-state index in [1.54, 1.807) is 0 Å². The van der Waals surface area contributed by atoms with Gasteiger partial charge in [-0.15, -0.1) is 0 Å². The van der Waals surface area contributed by atoms with Crippen LogP contribution < -0.4 is 15.0 Å². The number of nitrogens with one attached hydrogen (secondary N) is 1. The Morgan fingerprint density at radius 3 is 2.82 bits per heavy atom. The molecular formula is C18H20N2O2. The minimum absolute atomic E-state index is 0.401. The fraction of sp³-hybridized carbons (Fsp3) is 0.278. The lowest BCUT2D eigenvalue weighted by atomic mass is 10.1. The Morgan fingerprint density at radius 2 is 2.05 bits per heavy atom. The molecule has 1 aliphatic rings. The molecule has 1 N–H and O–H groups in total. The molecule has 2 aromatic rings. The zero-order valence-corrected chi connectivity index (χ0v) is 12.7. The number of benzene rings is 2. The highest BCUT2D eigenvalue weighted by molar-refractivity contribution is 5.71. The van der Waals surface area contributed by atoms with Gasteiger partial charge in [0.25, 0.3) is 0 Å². The number of hydrogen-bond donors (Lipinski definition) is 1. The van der Waals surface area contributed by atoms with Crippen LogP contribution in [0.5, 0.6) is 5.75 Å². The Bertz CT molecular complexity index is 655. The van der Waals surface area contributed by atoms with E-state index in [0.717, 1.165) is 19.5 Å². The highest BCUT2D eigenvalue weighted by atomic mass is 16.6. The molecule has 4 heteroatoms. The maximum absolute atomic E-state index is 11.5. The number of hydrogen-bond acceptors (Lipinski definition) is 3. The van der Waals surface area contributed by atoms with Gasteiger partial charge in [0.2, 0.25) is 0 Å². The summed E-state index contributed by atoms with van der Waals surface area (Å²) in [5, 5.41) is 2.63. The fourth-order valence-corrected chi connectivity index (χ4v) is 2.77. The van der Waals surface area contributed by atoms with Crippen LogP contribution in [0.2, 0.25) is 0 Å². The summed E-state index contributed by atoms with van der Waals surface area (Å²) in [4.78, 5) is 13.8. The van der Waals surface area contributed by atoms with Crippen molar-refractivity contribution >= 4 is 11.8 Å². The lowest BCUT2D eigenvalue weighted by Gasteiger charge is -2.19. The summed E-state index contributed by atoms with van der Waals surface area (Å²) in [5.41, 5.74) is 3.77. The molecule has 0 aliphatic carbocycles. The van der Waals surface area contributed by atoms with Gasteiger partial charge in [-0.05, 0) is 42.7 Å². The lowest BCUT2D eigenvalue weighted by molar-refractivity contribution is 0.201. The van der Waals surface area contributed by atoms with Crippen molar-refractivity contribution in [2.24, 2.45) is 0 Å². The van der Waals surface area contributed by atoms with Crippen LogP contribution in [0.4, 0.5) is 10.5 Å². The molecule has 114 valence electrons. The average molecular weight is 296 g/mol. The van der Waals surface area contributed by atoms with Gasteiger partial charge in [0.05, 0.1) is 0 Å². The van der Waals surface area contributed by atoms with Crippen molar-refractivity contribution in [3.8, 4) is 5.75 Å². The number of carbonyl (C=O) groups is 1. The molecular weight excluding hydrogens is 276 g/mol. The summed E-state index contributed by atoms with van der Waals surface area (Å²) in [6, 6.07) is 16.3. The molecule has 0 fully saturated rings. The lowest BCUT2D eigenvalue weighted by Crippen LogP contribution is -2.26. The van der Waals surface area contributed by atoms with E-state index < -0.39 is 6.09 Å². The summed E-state index contributed by atoms with van der Waals surface area (Å²) in [5.74, 6) is 0.603. The van der Waals surface area contributed by atoms with Crippen molar-refractivity contribution in [2.45, 2.75) is 19.9 Å². The number of anilines is 1. The Hall–Kier alpha value is -2.49. The van der Waals surface area contributed by atoms with Gasteiger partial charge in [0.15, 0.2) is 0 Å². The van der Waals surface area contributed by atoms with Gasteiger partial charge in [-0.25, -0.2) is 4.79 Å². The fourth-order valence-electron chi connectivity index (χ4n) is 2.77. The first-order valence-corrected chi connectivity index (χ1v) is 7.63. The highest BCUT2D eigenvalue weighted by Crippen LogP contribution is 2.32. The standard InChI is InChI=1S/C18H20N2O2/c1-2-19-18(21)22-16-8-9-17-15(12-16)10-11-20(17)13-14-6-4-3-5-7-14/h3-9,12H,2,10-11,13H2,1H3,(H,19,21). The first-order chi connectivity index (χ1) is 10.8. The van der Waals surface area contributed by atoms with Crippen LogP contribution in [0, 0.1) is 0 Å². The Morgan fingerprint density at radius 1 is 1.23 bits per heavy atom. The van der Waals surface area contributed by atoms with Crippen LogP contribution in [0.25, 0.3) is 0 Å². The number of nitrogens with zero attached hydrogens (tertiary/aromatic N) is 1. The number of rotatable bonds is 4. The van der Waals surface area contributed by atoms with Crippen molar-refractivity contribution < 1.29 is 9.53 Å². The van der Waals surface area contributed by atoms with E-state index in [1.807, 2.05) is 31.2 Å². The van der Waals surface area contributed by atoms with Gasteiger partial charge in [-0.3, -0.25) is 0 Å². The SMILES string of the molecule is CCNC(=O)Oc1ccc2c(c1)CCN2Cc1ccccc1. The van der Waals surface area contributed by atoms with Gasteiger partial charge < -0.3 is 15.0 Å². The first-order valence-electron chi connectivity index (χ1n) is 7.63. The predicted octanol–water partition coefficient (Wildman–Crippen LogP) is 3.36. The maximum atomic E-state index is 11.5. The Kier molecular flexibility index (Phi) is 4.28. The molecule has 0 atom stereocenters. The third-order valence-corrected chi connectivity index (χ3v) is 3.79. The van der Waals surface area contributed by atoms with E-state index in [4.69, 9.17) is 4.74 Å². The Balaban J connectivity index is 1.71. The average Bonchev–Trinajstić information content (AvgIpc) is 2.91. The third kappa shape index (κ3) is 3.22. The molecule has 3 rings (SSSR count). The topological polar surface area (TPSA) is 41.6 Å². The largest absolute Gasteiger partial charge is 0.412 e. The molecule has 0 unspecified atom stereocenters. The van der Waals surface area contributed by atoms with E-state index >= 15 is 0 Å². The molecule has 0 saturated carbocycles. The van der Waals surface area contributed by atoms with Crippen LogP contribution in [0.1, 0.15) is 18.1 Å². The summed E-state index contributed by atoms with van der Waals surface area (Å²) in [6.45, 7) is 4.33. The van der Waals surface area contributed by atoms with Crippen LogP contribution in [0.3, 0.4) is 0 Å². The van der Waals surface area contributed by atoms with Gasteiger partial charge >= 0.3 is 6.09 Å². The summed E-state index contributed by atoms with van der Waals surface area (Å²) >= 11 is 0. The normalized spacial score (nSPS) is 12.9. The van der Waals surface area contributed by atoms with Crippen molar-refractivity contribution in [1.29, 1.82) is 0 Å². The monoisotopic (exact) mass is 296 g/mol. The van der Waals surface area contributed by atoms with E-state index in [1.165, 1.54) is 16.8 Å². The smallest absolute Gasteiger partial charge is 0.410 e. The minimum atomic E-state index is -0.401. The van der Waals surface area contributed by atoms with Crippen molar-refractivity contribution in [3.05, 3.63) is 59.7 Å². The molecule has 0 bridgehead atoms. The second-order valence-corrected chi connectivity index (χ2v) is 5.37. The van der Waals surface area contributed by atoms with Gasteiger partial charge in [-0.2, -0.15) is 0 Å². The first kappa shape index (κ1) is 14.4. The van der Waals surface area contributed by atoms with Crippen LogP contribution in [0.15, 0.2) is 48.5 Å². The van der Waals surface area contributed by atoms with E-state index in [0.29, 0.717) is 12.3 Å². The summed E-state index contributed by atoms with van der Waals surface area (Å²) < 4.78 is 5.27. The molecule has 0 aromatic heterocycles. The minimum Gasteiger partial charge on any atom is -0.410 e. The molecule has 1 aliphatic heterocycles. The van der Waals surface area contributed by atoms with Gasteiger partial charge in [0.1, 0.15) is 5.75 Å². The second-order valence-electron chi connectivity index (χ2n) is 5.37. The molecule has 2 aromatic carbocycles. The molecule has 22 heavy (non-hydrogen) atoms. The molecule has 0 radical (unpaired) electrons. The van der Waals surface area contributed by atoms with E-state index in [9.17, 15) is 4.79 Å². The van der Waals surface area contributed by atoms with Crippen LogP contribution in [-0.4, -0.2) is 19.2 Å². The van der Waals surface area contributed by atoms with E-state index in [2.05, 4.69) is 34.5 Å². The molecule has 1 amide bonds. The molecule has 4 nitrogen and oxygen atoms in total. The molecule has 0 saturated heterocycles. The van der Waals surface area contributed by atoms with Crippen LogP contribution in [-0.2, 0) is 13.0 Å². The van der Waals surface area contributed by atoms with Crippen molar-refractivity contribution in [3.63, 3.8) is 0 Å². The Labute approximate surface area is 130 Å². The van der Waals surface area contributed by atoms with Crippen LogP contribution >= 0.6 is 0 Å². The van der Waals surface area contributed by atoms with Gasteiger partial charge in [0, 0.05) is 25.3 Å². The number of amides is 1. The summed E-state index contributed by atoms with van der Waals surface area (Å²) in [6.07, 6.45) is 0.580. The maximum Gasteiger partial charge on any atom is 0.412 e. The zero-order chi connectivity index (χ0) is 15.4. The second kappa shape index (κ2) is 6.52. The predicted molar refractivity (Wildman–Crippen MR) is 87.3 cm³/mol. The number of fused-ring (bicyclic) bond motifs is 1. The highest BCUT2D eigenvalue weighted by Gasteiger charge is 2.20. The summed E-state index contributed by atoms with van der Waals surface area (Å²) in [7, 11) is 0. The number of ether oxygens (including phenoxy) is 1. The quantitative estimate of drug-likeness (QED) is 0.940. The molecule has 0 spiro atoms. The zero-order valence-electron chi connectivity index (χ0n) is 12.7. The number of carbonyl (C=O) groups excluding carboxylic acids is 1.